The summed E-state index contributed by atoms with van der Waals surface area (Å²) in [5, 5.41) is 5.38. The number of benzene rings is 1. The smallest absolute Gasteiger partial charge is 0.125 e. The summed E-state index contributed by atoms with van der Waals surface area (Å²) in [5.41, 5.74) is 1.83. The Labute approximate surface area is 82.3 Å². The lowest BCUT2D eigenvalue weighted by Gasteiger charge is -2.06. The van der Waals surface area contributed by atoms with Gasteiger partial charge >= 0.3 is 0 Å². The van der Waals surface area contributed by atoms with Crippen molar-refractivity contribution >= 4 is 10.9 Å². The molecule has 14 heavy (non-hydrogen) atoms. The molecule has 0 spiro atoms. The zero-order chi connectivity index (χ0) is 10.3. The number of aryl methyl sites for hydroxylation is 1. The van der Waals surface area contributed by atoms with Crippen molar-refractivity contribution in [2.75, 3.05) is 0 Å². The monoisotopic (exact) mass is 192 g/mol. The molecule has 0 saturated carbocycles. The molecule has 0 fully saturated rings. The number of hydrogen-bond acceptors (Lipinski definition) is 1. The molecule has 74 valence electrons. The van der Waals surface area contributed by atoms with Crippen molar-refractivity contribution in [3.63, 3.8) is 0 Å². The van der Waals surface area contributed by atoms with Gasteiger partial charge in [0.2, 0.25) is 0 Å². The molecule has 0 bridgehead atoms. The highest BCUT2D eigenvalue weighted by molar-refractivity contribution is 5.81. The first-order valence-corrected chi connectivity index (χ1v) is 4.74. The van der Waals surface area contributed by atoms with Gasteiger partial charge in [-0.15, -0.1) is 0 Å². The van der Waals surface area contributed by atoms with Gasteiger partial charge in [-0.2, -0.15) is 5.10 Å². The minimum atomic E-state index is -0.231. The maximum Gasteiger partial charge on any atom is 0.125 e. The second-order valence-corrected chi connectivity index (χ2v) is 3.79. The van der Waals surface area contributed by atoms with Crippen molar-refractivity contribution < 1.29 is 4.39 Å². The van der Waals surface area contributed by atoms with E-state index < -0.39 is 0 Å². The third kappa shape index (κ3) is 1.29. The van der Waals surface area contributed by atoms with Crippen LogP contribution in [-0.2, 0) is 0 Å². The topological polar surface area (TPSA) is 17.8 Å². The molecular weight excluding hydrogens is 179 g/mol. The molecule has 1 aromatic carbocycles. The van der Waals surface area contributed by atoms with E-state index in [-0.39, 0.29) is 5.82 Å². The van der Waals surface area contributed by atoms with Crippen molar-refractivity contribution in [3.05, 3.63) is 29.7 Å². The first kappa shape index (κ1) is 9.19. The van der Waals surface area contributed by atoms with E-state index >= 15 is 0 Å². The maximum atomic E-state index is 12.9. The van der Waals surface area contributed by atoms with E-state index in [1.54, 1.807) is 6.07 Å². The minimum Gasteiger partial charge on any atom is -0.266 e. The average Bonchev–Trinajstić information content (AvgIpc) is 2.43. The van der Waals surface area contributed by atoms with Gasteiger partial charge in [-0.05, 0) is 32.9 Å². The molecule has 0 unspecified atom stereocenters. The normalized spacial score (nSPS) is 11.5. The molecule has 0 atom stereocenters. The Kier molecular flexibility index (Phi) is 2.02. The third-order valence-corrected chi connectivity index (χ3v) is 2.40. The van der Waals surface area contributed by atoms with Crippen molar-refractivity contribution in [3.8, 4) is 0 Å². The Morgan fingerprint density at radius 3 is 2.71 bits per heavy atom. The highest BCUT2D eigenvalue weighted by Gasteiger charge is 2.09. The quantitative estimate of drug-likeness (QED) is 0.679. The number of hydrogen-bond donors (Lipinski definition) is 0. The molecule has 0 amide bonds. The summed E-state index contributed by atoms with van der Waals surface area (Å²) in [4.78, 5) is 0. The lowest BCUT2D eigenvalue weighted by molar-refractivity contribution is 0.524. The van der Waals surface area contributed by atoms with Gasteiger partial charge in [0.25, 0.3) is 0 Å². The summed E-state index contributed by atoms with van der Waals surface area (Å²) in [6, 6.07) is 5.04. The van der Waals surface area contributed by atoms with Gasteiger partial charge in [0, 0.05) is 23.2 Å². The lowest BCUT2D eigenvalue weighted by Crippen LogP contribution is -2.04. The van der Waals surface area contributed by atoms with Gasteiger partial charge in [0.05, 0.1) is 5.52 Å². The van der Waals surface area contributed by atoms with Gasteiger partial charge < -0.3 is 0 Å². The summed E-state index contributed by atoms with van der Waals surface area (Å²) in [7, 11) is 0. The Morgan fingerprint density at radius 2 is 2.07 bits per heavy atom. The SMILES string of the molecule is Cc1c2ccc(F)cc2nn1C(C)C. The largest absolute Gasteiger partial charge is 0.266 e. The number of rotatable bonds is 1. The average molecular weight is 192 g/mol. The third-order valence-electron chi connectivity index (χ3n) is 2.40. The van der Waals surface area contributed by atoms with E-state index in [2.05, 4.69) is 18.9 Å². The zero-order valence-corrected chi connectivity index (χ0v) is 8.58. The second-order valence-electron chi connectivity index (χ2n) is 3.79. The Balaban J connectivity index is 2.73. The molecule has 0 aliphatic heterocycles. The van der Waals surface area contributed by atoms with Crippen LogP contribution in [0.4, 0.5) is 4.39 Å². The van der Waals surface area contributed by atoms with Crippen LogP contribution in [-0.4, -0.2) is 9.78 Å². The van der Waals surface area contributed by atoms with Gasteiger partial charge in [0.1, 0.15) is 5.82 Å². The van der Waals surface area contributed by atoms with Gasteiger partial charge in [0.15, 0.2) is 0 Å². The van der Waals surface area contributed by atoms with E-state index in [0.29, 0.717) is 6.04 Å². The van der Waals surface area contributed by atoms with Crippen LogP contribution < -0.4 is 0 Å². The molecule has 0 radical (unpaired) electrons. The van der Waals surface area contributed by atoms with Crippen LogP contribution >= 0.6 is 0 Å². The summed E-state index contributed by atoms with van der Waals surface area (Å²) in [6.07, 6.45) is 0. The molecule has 2 nitrogen and oxygen atoms in total. The van der Waals surface area contributed by atoms with Crippen molar-refractivity contribution in [2.45, 2.75) is 26.8 Å². The van der Waals surface area contributed by atoms with E-state index in [4.69, 9.17) is 0 Å². The summed E-state index contributed by atoms with van der Waals surface area (Å²) < 4.78 is 14.9. The number of nitrogens with zero attached hydrogens (tertiary/aromatic N) is 2. The zero-order valence-electron chi connectivity index (χ0n) is 8.58. The molecule has 1 heterocycles. The predicted octanol–water partition coefficient (Wildman–Crippen LogP) is 3.06. The van der Waals surface area contributed by atoms with Gasteiger partial charge in [-0.3, -0.25) is 4.68 Å². The van der Waals surface area contributed by atoms with Crippen LogP contribution in [0.5, 0.6) is 0 Å². The molecule has 3 heteroatoms. The molecule has 2 aromatic rings. The molecule has 1 aromatic heterocycles. The van der Waals surface area contributed by atoms with Crippen LogP contribution in [0.15, 0.2) is 18.2 Å². The van der Waals surface area contributed by atoms with Gasteiger partial charge in [-0.25, -0.2) is 4.39 Å². The van der Waals surface area contributed by atoms with Crippen molar-refractivity contribution in [1.82, 2.24) is 9.78 Å². The first-order chi connectivity index (χ1) is 6.59. The Hall–Kier alpha value is -1.38. The van der Waals surface area contributed by atoms with Crippen LogP contribution in [0, 0.1) is 12.7 Å². The molecule has 2 rings (SSSR count). The summed E-state index contributed by atoms with van der Waals surface area (Å²) in [5.74, 6) is -0.231. The molecule has 0 saturated heterocycles. The molecular formula is C11H13FN2. The van der Waals surface area contributed by atoms with E-state index in [1.165, 1.54) is 12.1 Å². The first-order valence-electron chi connectivity index (χ1n) is 4.74. The van der Waals surface area contributed by atoms with Gasteiger partial charge in [-0.1, -0.05) is 0 Å². The van der Waals surface area contributed by atoms with Crippen LogP contribution in [0.3, 0.4) is 0 Å². The fourth-order valence-corrected chi connectivity index (χ4v) is 1.71. The minimum absolute atomic E-state index is 0.231. The number of aromatic nitrogens is 2. The Morgan fingerprint density at radius 1 is 1.36 bits per heavy atom. The summed E-state index contributed by atoms with van der Waals surface area (Å²) in [6.45, 7) is 6.14. The fourth-order valence-electron chi connectivity index (χ4n) is 1.71. The number of halogens is 1. The highest BCUT2D eigenvalue weighted by Crippen LogP contribution is 2.21. The van der Waals surface area contributed by atoms with E-state index in [9.17, 15) is 4.39 Å². The number of fused-ring (bicyclic) bond motifs is 1. The van der Waals surface area contributed by atoms with Crippen LogP contribution in [0.1, 0.15) is 25.6 Å². The van der Waals surface area contributed by atoms with Crippen LogP contribution in [0.25, 0.3) is 10.9 Å². The van der Waals surface area contributed by atoms with Crippen molar-refractivity contribution in [2.24, 2.45) is 0 Å². The van der Waals surface area contributed by atoms with E-state index in [1.807, 2.05) is 11.6 Å². The predicted molar refractivity (Wildman–Crippen MR) is 54.8 cm³/mol. The van der Waals surface area contributed by atoms with Crippen LogP contribution in [0.2, 0.25) is 0 Å². The highest BCUT2D eigenvalue weighted by atomic mass is 19.1. The molecule has 0 aliphatic rings. The molecule has 0 aliphatic carbocycles. The fraction of sp³-hybridized carbons (Fsp3) is 0.364. The summed E-state index contributed by atoms with van der Waals surface area (Å²) >= 11 is 0. The standard InChI is InChI=1S/C11H13FN2/c1-7(2)14-8(3)10-5-4-9(12)6-11(10)13-14/h4-7H,1-3H3. The Bertz CT molecular complexity index is 471. The maximum absolute atomic E-state index is 12.9. The van der Waals surface area contributed by atoms with Crippen molar-refractivity contribution in [1.29, 1.82) is 0 Å². The molecule has 0 N–H and O–H groups in total. The second kappa shape index (κ2) is 3.08. The lowest BCUT2D eigenvalue weighted by atomic mass is 10.2. The van der Waals surface area contributed by atoms with E-state index in [0.717, 1.165) is 16.6 Å².